The number of halogens is 4. The average Bonchev–Trinajstić information content (AvgIpc) is 2.25. The van der Waals surface area contributed by atoms with Crippen molar-refractivity contribution in [2.24, 2.45) is 0 Å². The van der Waals surface area contributed by atoms with E-state index < -0.39 is 29.5 Å². The highest BCUT2D eigenvalue weighted by Gasteiger charge is 2.29. The molecule has 1 rings (SSSR count). The third kappa shape index (κ3) is 5.00. The summed E-state index contributed by atoms with van der Waals surface area (Å²) in [6.07, 6.45) is -5.98. The van der Waals surface area contributed by atoms with Crippen molar-refractivity contribution in [3.63, 3.8) is 0 Å². The molecule has 1 aromatic rings. The van der Waals surface area contributed by atoms with Crippen LogP contribution in [-0.4, -0.2) is 23.8 Å². The molecule has 1 aromatic carbocycles. The zero-order valence-electron chi connectivity index (χ0n) is 9.03. The van der Waals surface area contributed by atoms with E-state index >= 15 is 0 Å². The van der Waals surface area contributed by atoms with E-state index in [0.29, 0.717) is 0 Å². The highest BCUT2D eigenvalue weighted by atomic mass is 35.5. The molecule has 0 heterocycles. The lowest BCUT2D eigenvalue weighted by Gasteiger charge is -2.09. The van der Waals surface area contributed by atoms with Gasteiger partial charge in [0.05, 0.1) is 4.92 Å². The number of alkyl halides is 3. The molecule has 0 spiro atoms. The van der Waals surface area contributed by atoms with Gasteiger partial charge in [-0.2, -0.15) is 13.2 Å². The van der Waals surface area contributed by atoms with Crippen LogP contribution in [0.3, 0.4) is 0 Å². The molecule has 0 bridgehead atoms. The first-order valence-corrected chi connectivity index (χ1v) is 5.01. The summed E-state index contributed by atoms with van der Waals surface area (Å²) in [6, 6.07) is 3.13. The number of nitro benzene ring substituents is 1. The van der Waals surface area contributed by atoms with Gasteiger partial charge in [0.15, 0.2) is 6.61 Å². The minimum atomic E-state index is -4.63. The highest BCUT2D eigenvalue weighted by molar-refractivity contribution is 6.33. The summed E-state index contributed by atoms with van der Waals surface area (Å²) in [5.74, 6) is 0. The Labute approximate surface area is 109 Å². The van der Waals surface area contributed by atoms with E-state index in [1.54, 1.807) is 0 Å². The summed E-state index contributed by atoms with van der Waals surface area (Å²) in [5.41, 5.74) is -0.418. The Morgan fingerprint density at radius 2 is 2.11 bits per heavy atom. The lowest BCUT2D eigenvalue weighted by molar-refractivity contribution is -0.384. The van der Waals surface area contributed by atoms with Crippen LogP contribution in [0.25, 0.3) is 0 Å². The average molecular weight is 299 g/mol. The van der Waals surface area contributed by atoms with Gasteiger partial charge in [-0.3, -0.25) is 15.4 Å². The Morgan fingerprint density at radius 3 is 2.58 bits per heavy atom. The topological polar surface area (TPSA) is 81.5 Å². The van der Waals surface area contributed by atoms with E-state index in [-0.39, 0.29) is 10.7 Å². The molecule has 0 aliphatic rings. The molecule has 6 nitrogen and oxygen atoms in total. The van der Waals surface area contributed by atoms with Gasteiger partial charge in [0, 0.05) is 11.8 Å². The molecule has 104 valence electrons. The van der Waals surface area contributed by atoms with Crippen molar-refractivity contribution in [2.75, 3.05) is 11.9 Å². The maximum atomic E-state index is 11.8. The summed E-state index contributed by atoms with van der Waals surface area (Å²) in [7, 11) is 0. The van der Waals surface area contributed by atoms with Gasteiger partial charge in [0.2, 0.25) is 0 Å². The summed E-state index contributed by atoms with van der Waals surface area (Å²) in [5, 5.41) is 12.1. The number of amides is 1. The van der Waals surface area contributed by atoms with Gasteiger partial charge in [-0.05, 0) is 12.1 Å². The monoisotopic (exact) mass is 298 g/mol. The second-order valence-corrected chi connectivity index (χ2v) is 3.65. The first-order valence-electron chi connectivity index (χ1n) is 4.63. The van der Waals surface area contributed by atoms with Crippen LogP contribution < -0.4 is 5.32 Å². The van der Waals surface area contributed by atoms with Gasteiger partial charge in [-0.25, -0.2) is 4.79 Å². The van der Waals surface area contributed by atoms with Gasteiger partial charge in [0.25, 0.3) is 5.69 Å². The Kier molecular flexibility index (Phi) is 4.54. The molecule has 0 aliphatic heterocycles. The van der Waals surface area contributed by atoms with Crippen molar-refractivity contribution in [1.82, 2.24) is 0 Å². The van der Waals surface area contributed by atoms with Gasteiger partial charge < -0.3 is 4.74 Å². The third-order valence-electron chi connectivity index (χ3n) is 1.76. The highest BCUT2D eigenvalue weighted by Crippen LogP contribution is 2.27. The van der Waals surface area contributed by atoms with Crippen LogP contribution in [0.1, 0.15) is 0 Å². The normalized spacial score (nSPS) is 10.9. The summed E-state index contributed by atoms with van der Waals surface area (Å²) >= 11 is 5.54. The van der Waals surface area contributed by atoms with Crippen LogP contribution >= 0.6 is 11.6 Å². The molecule has 0 aromatic heterocycles. The van der Waals surface area contributed by atoms with Crippen LogP contribution in [0.2, 0.25) is 5.02 Å². The van der Waals surface area contributed by atoms with Crippen LogP contribution in [0, 0.1) is 10.1 Å². The summed E-state index contributed by atoms with van der Waals surface area (Å²) < 4.78 is 39.2. The molecule has 0 fully saturated rings. The Hall–Kier alpha value is -2.03. The van der Waals surface area contributed by atoms with Crippen molar-refractivity contribution in [1.29, 1.82) is 0 Å². The first kappa shape index (κ1) is 15.0. The zero-order valence-corrected chi connectivity index (χ0v) is 9.79. The van der Waals surface area contributed by atoms with E-state index in [1.807, 2.05) is 5.32 Å². The van der Waals surface area contributed by atoms with Gasteiger partial charge in [0.1, 0.15) is 5.02 Å². The molecular weight excluding hydrogens is 293 g/mol. The molecule has 0 saturated carbocycles. The number of hydrogen-bond donors (Lipinski definition) is 1. The lowest BCUT2D eigenvalue weighted by Crippen LogP contribution is -2.23. The fourth-order valence-electron chi connectivity index (χ4n) is 1.03. The Bertz CT molecular complexity index is 507. The van der Waals surface area contributed by atoms with Crippen LogP contribution in [0.4, 0.5) is 29.3 Å². The molecule has 1 amide bonds. The van der Waals surface area contributed by atoms with Gasteiger partial charge >= 0.3 is 12.3 Å². The first-order chi connectivity index (χ1) is 8.69. The second-order valence-electron chi connectivity index (χ2n) is 3.24. The van der Waals surface area contributed by atoms with Crippen molar-refractivity contribution in [3.8, 4) is 0 Å². The molecule has 19 heavy (non-hydrogen) atoms. The number of anilines is 1. The predicted molar refractivity (Wildman–Crippen MR) is 59.1 cm³/mol. The molecule has 10 heteroatoms. The maximum absolute atomic E-state index is 11.8. The minimum Gasteiger partial charge on any atom is -0.440 e. The number of rotatable bonds is 3. The summed E-state index contributed by atoms with van der Waals surface area (Å²) in [6.45, 7) is -1.74. The van der Waals surface area contributed by atoms with E-state index in [2.05, 4.69) is 4.74 Å². The Morgan fingerprint density at radius 1 is 1.47 bits per heavy atom. The number of hydrogen-bond acceptors (Lipinski definition) is 4. The molecule has 0 atom stereocenters. The molecule has 1 N–H and O–H groups in total. The predicted octanol–water partition coefficient (Wildman–Crippen LogP) is 3.36. The SMILES string of the molecule is O=C(Nc1ccc([N+](=O)[O-])c(Cl)c1)OCC(F)(F)F. The van der Waals surface area contributed by atoms with Crippen molar-refractivity contribution in [2.45, 2.75) is 6.18 Å². The molecule has 0 aliphatic carbocycles. The van der Waals surface area contributed by atoms with Crippen LogP contribution in [-0.2, 0) is 4.74 Å². The quantitative estimate of drug-likeness (QED) is 0.685. The van der Waals surface area contributed by atoms with Gasteiger partial charge in [-0.15, -0.1) is 0 Å². The fraction of sp³-hybridized carbons (Fsp3) is 0.222. The van der Waals surface area contributed by atoms with Crippen molar-refractivity contribution in [3.05, 3.63) is 33.3 Å². The van der Waals surface area contributed by atoms with Crippen LogP contribution in [0.5, 0.6) is 0 Å². The van der Waals surface area contributed by atoms with E-state index in [1.165, 1.54) is 0 Å². The maximum Gasteiger partial charge on any atom is 0.422 e. The molecule has 0 radical (unpaired) electrons. The number of nitrogens with zero attached hydrogens (tertiary/aromatic N) is 1. The second kappa shape index (κ2) is 5.74. The smallest absolute Gasteiger partial charge is 0.422 e. The number of carbonyl (C=O) groups is 1. The molecule has 0 saturated heterocycles. The third-order valence-corrected chi connectivity index (χ3v) is 2.06. The standard InChI is InChI=1S/C9H6ClF3N2O4/c10-6-3-5(1-2-7(6)15(17)18)14-8(16)19-4-9(11,12)13/h1-3H,4H2,(H,14,16). The van der Waals surface area contributed by atoms with Crippen molar-refractivity contribution < 1.29 is 27.6 Å². The number of benzene rings is 1. The molecular formula is C9H6ClF3N2O4. The molecule has 0 unspecified atom stereocenters. The van der Waals surface area contributed by atoms with Crippen molar-refractivity contribution >= 4 is 29.1 Å². The number of nitro groups is 1. The van der Waals surface area contributed by atoms with E-state index in [9.17, 15) is 28.1 Å². The number of ether oxygens (including phenoxy) is 1. The fourth-order valence-corrected chi connectivity index (χ4v) is 1.28. The largest absolute Gasteiger partial charge is 0.440 e. The number of carbonyl (C=O) groups excluding carboxylic acids is 1. The zero-order chi connectivity index (χ0) is 14.6. The Balaban J connectivity index is 2.65. The van der Waals surface area contributed by atoms with E-state index in [0.717, 1.165) is 18.2 Å². The van der Waals surface area contributed by atoms with E-state index in [4.69, 9.17) is 11.6 Å². The summed E-state index contributed by atoms with van der Waals surface area (Å²) in [4.78, 5) is 20.7. The lowest BCUT2D eigenvalue weighted by atomic mass is 10.3. The van der Waals surface area contributed by atoms with Gasteiger partial charge in [-0.1, -0.05) is 11.6 Å². The van der Waals surface area contributed by atoms with Crippen LogP contribution in [0.15, 0.2) is 18.2 Å². The number of nitrogens with one attached hydrogen (secondary N) is 1. The minimum absolute atomic E-state index is 0.0252.